The molecule has 20 heavy (non-hydrogen) atoms. The second-order valence-electron chi connectivity index (χ2n) is 4.01. The second kappa shape index (κ2) is 6.36. The van der Waals surface area contributed by atoms with Crippen molar-refractivity contribution < 1.29 is 14.6 Å². The lowest BCUT2D eigenvalue weighted by Crippen LogP contribution is -2.12. The molecule has 2 aromatic rings. The Morgan fingerprint density at radius 3 is 2.80 bits per heavy atom. The molecule has 2 N–H and O–H groups in total. The first-order chi connectivity index (χ1) is 9.63. The highest BCUT2D eigenvalue weighted by Gasteiger charge is 2.09. The molecular weight excluding hydrogens is 280 g/mol. The van der Waals surface area contributed by atoms with E-state index < -0.39 is 0 Å². The number of carbonyl (C=O) groups excluding carboxylic acids is 1. The topological polar surface area (TPSA) is 71.5 Å². The Bertz CT molecular complexity index is 614. The second-order valence-corrected chi connectivity index (χ2v) is 4.40. The number of methoxy groups -OCH3 is 1. The van der Waals surface area contributed by atoms with Gasteiger partial charge >= 0.3 is 0 Å². The first-order valence-corrected chi connectivity index (χ1v) is 6.22. The average molecular weight is 293 g/mol. The van der Waals surface area contributed by atoms with Crippen LogP contribution in [0.4, 0.5) is 5.69 Å². The molecule has 0 saturated heterocycles. The molecule has 0 radical (unpaired) electrons. The van der Waals surface area contributed by atoms with Crippen molar-refractivity contribution in [2.45, 2.75) is 6.61 Å². The van der Waals surface area contributed by atoms with Crippen molar-refractivity contribution in [3.63, 3.8) is 0 Å². The van der Waals surface area contributed by atoms with E-state index in [1.165, 1.54) is 13.3 Å². The molecule has 0 bridgehead atoms. The normalized spacial score (nSPS) is 10.2. The summed E-state index contributed by atoms with van der Waals surface area (Å²) in [5.74, 6) is 0.266. The SMILES string of the molecule is COc1ccc(NC(=O)c2ccc(Cl)nc2)cc1CO. The molecule has 0 fully saturated rings. The third-order valence-electron chi connectivity index (χ3n) is 2.70. The van der Waals surface area contributed by atoms with Gasteiger partial charge in [-0.15, -0.1) is 0 Å². The van der Waals surface area contributed by atoms with Crippen LogP contribution in [0.15, 0.2) is 36.5 Å². The summed E-state index contributed by atoms with van der Waals surface area (Å²) >= 11 is 5.67. The smallest absolute Gasteiger partial charge is 0.257 e. The van der Waals surface area contributed by atoms with Gasteiger partial charge in [0.25, 0.3) is 5.91 Å². The quantitative estimate of drug-likeness (QED) is 0.849. The first-order valence-electron chi connectivity index (χ1n) is 5.84. The van der Waals surface area contributed by atoms with Gasteiger partial charge in [-0.2, -0.15) is 0 Å². The highest BCUT2D eigenvalue weighted by molar-refractivity contribution is 6.29. The van der Waals surface area contributed by atoms with E-state index in [1.54, 1.807) is 30.3 Å². The summed E-state index contributed by atoms with van der Waals surface area (Å²) in [6.45, 7) is -0.171. The fourth-order valence-electron chi connectivity index (χ4n) is 1.69. The summed E-state index contributed by atoms with van der Waals surface area (Å²) in [6, 6.07) is 8.16. The molecular formula is C14H13ClN2O3. The van der Waals surface area contributed by atoms with Crippen LogP contribution >= 0.6 is 11.6 Å². The number of hydrogen-bond donors (Lipinski definition) is 2. The van der Waals surface area contributed by atoms with Gasteiger partial charge in [0.05, 0.1) is 19.3 Å². The van der Waals surface area contributed by atoms with Gasteiger partial charge in [0, 0.05) is 17.4 Å². The van der Waals surface area contributed by atoms with Crippen LogP contribution in [0.3, 0.4) is 0 Å². The van der Waals surface area contributed by atoms with Crippen LogP contribution < -0.4 is 10.1 Å². The van der Waals surface area contributed by atoms with Crippen molar-refractivity contribution in [1.29, 1.82) is 0 Å². The van der Waals surface area contributed by atoms with Crippen LogP contribution in [0.2, 0.25) is 5.15 Å². The first kappa shape index (κ1) is 14.3. The zero-order chi connectivity index (χ0) is 14.5. The van der Waals surface area contributed by atoms with Crippen LogP contribution in [-0.4, -0.2) is 23.1 Å². The van der Waals surface area contributed by atoms with Crippen molar-refractivity contribution in [3.8, 4) is 5.75 Å². The van der Waals surface area contributed by atoms with Crippen LogP contribution in [0, 0.1) is 0 Å². The largest absolute Gasteiger partial charge is 0.496 e. The average Bonchev–Trinajstić information content (AvgIpc) is 2.47. The predicted molar refractivity (Wildman–Crippen MR) is 76.1 cm³/mol. The van der Waals surface area contributed by atoms with Gasteiger partial charge in [-0.1, -0.05) is 11.6 Å². The highest BCUT2D eigenvalue weighted by atomic mass is 35.5. The van der Waals surface area contributed by atoms with E-state index in [-0.39, 0.29) is 12.5 Å². The van der Waals surface area contributed by atoms with Crippen molar-refractivity contribution in [3.05, 3.63) is 52.8 Å². The molecule has 0 aliphatic heterocycles. The Kier molecular flexibility index (Phi) is 4.55. The molecule has 6 heteroatoms. The minimum absolute atomic E-state index is 0.171. The molecule has 0 spiro atoms. The van der Waals surface area contributed by atoms with Gasteiger partial charge in [-0.05, 0) is 30.3 Å². The number of aliphatic hydroxyl groups is 1. The zero-order valence-electron chi connectivity index (χ0n) is 10.8. The molecule has 1 aromatic carbocycles. The van der Waals surface area contributed by atoms with Gasteiger partial charge in [0.2, 0.25) is 0 Å². The number of hydrogen-bond acceptors (Lipinski definition) is 4. The van der Waals surface area contributed by atoms with Crippen molar-refractivity contribution in [1.82, 2.24) is 4.98 Å². The van der Waals surface area contributed by atoms with Gasteiger partial charge in [0.1, 0.15) is 10.9 Å². The van der Waals surface area contributed by atoms with Gasteiger partial charge in [0.15, 0.2) is 0 Å². The van der Waals surface area contributed by atoms with Gasteiger partial charge < -0.3 is 15.2 Å². The van der Waals surface area contributed by atoms with E-state index in [0.29, 0.717) is 27.7 Å². The van der Waals surface area contributed by atoms with Crippen LogP contribution in [-0.2, 0) is 6.61 Å². The zero-order valence-corrected chi connectivity index (χ0v) is 11.5. The summed E-state index contributed by atoms with van der Waals surface area (Å²) in [4.78, 5) is 15.8. The molecule has 104 valence electrons. The maximum Gasteiger partial charge on any atom is 0.257 e. The van der Waals surface area contributed by atoms with E-state index in [9.17, 15) is 9.90 Å². The summed E-state index contributed by atoms with van der Waals surface area (Å²) in [5, 5.41) is 12.3. The minimum atomic E-state index is -0.303. The molecule has 0 atom stereocenters. The molecule has 0 saturated carbocycles. The fraction of sp³-hybridized carbons (Fsp3) is 0.143. The van der Waals surface area contributed by atoms with Crippen LogP contribution in [0.5, 0.6) is 5.75 Å². The lowest BCUT2D eigenvalue weighted by Gasteiger charge is -2.10. The minimum Gasteiger partial charge on any atom is -0.496 e. The Morgan fingerprint density at radius 2 is 2.20 bits per heavy atom. The maximum atomic E-state index is 12.0. The summed E-state index contributed by atoms with van der Waals surface area (Å²) < 4.78 is 5.10. The number of aromatic nitrogens is 1. The highest BCUT2D eigenvalue weighted by Crippen LogP contribution is 2.23. The number of rotatable bonds is 4. The van der Waals surface area contributed by atoms with E-state index >= 15 is 0 Å². The molecule has 0 unspecified atom stereocenters. The van der Waals surface area contributed by atoms with Crippen molar-refractivity contribution in [2.24, 2.45) is 0 Å². The monoisotopic (exact) mass is 292 g/mol. The molecule has 5 nitrogen and oxygen atoms in total. The lowest BCUT2D eigenvalue weighted by molar-refractivity contribution is 0.102. The number of nitrogens with zero attached hydrogens (tertiary/aromatic N) is 1. The summed E-state index contributed by atoms with van der Waals surface area (Å²) in [7, 11) is 1.52. The Labute approximate surface area is 121 Å². The number of pyridine rings is 1. The molecule has 2 rings (SSSR count). The summed E-state index contributed by atoms with van der Waals surface area (Å²) in [5.41, 5.74) is 1.56. The van der Waals surface area contributed by atoms with Crippen molar-refractivity contribution in [2.75, 3.05) is 12.4 Å². The van der Waals surface area contributed by atoms with Gasteiger partial charge in [-0.25, -0.2) is 4.98 Å². The number of amides is 1. The molecule has 0 aliphatic rings. The standard InChI is InChI=1S/C14H13ClN2O3/c1-20-12-4-3-11(6-10(12)8-18)17-14(19)9-2-5-13(15)16-7-9/h2-7,18H,8H2,1H3,(H,17,19). The van der Waals surface area contributed by atoms with Crippen LogP contribution in [0.25, 0.3) is 0 Å². The number of anilines is 1. The maximum absolute atomic E-state index is 12.0. The number of halogens is 1. The molecule has 1 heterocycles. The third-order valence-corrected chi connectivity index (χ3v) is 2.92. The van der Waals surface area contributed by atoms with Gasteiger partial charge in [-0.3, -0.25) is 4.79 Å². The Hall–Kier alpha value is -2.11. The van der Waals surface area contributed by atoms with Crippen molar-refractivity contribution >= 4 is 23.2 Å². The molecule has 1 amide bonds. The van der Waals surface area contributed by atoms with E-state index in [0.717, 1.165) is 0 Å². The van der Waals surface area contributed by atoms with E-state index in [1.807, 2.05) is 0 Å². The number of benzene rings is 1. The Morgan fingerprint density at radius 1 is 1.40 bits per heavy atom. The third kappa shape index (κ3) is 3.26. The van der Waals surface area contributed by atoms with Crippen LogP contribution in [0.1, 0.15) is 15.9 Å². The van der Waals surface area contributed by atoms with E-state index in [2.05, 4.69) is 10.3 Å². The van der Waals surface area contributed by atoms with E-state index in [4.69, 9.17) is 16.3 Å². The number of ether oxygens (including phenoxy) is 1. The fourth-order valence-corrected chi connectivity index (χ4v) is 1.81. The lowest BCUT2D eigenvalue weighted by atomic mass is 10.1. The number of nitrogens with one attached hydrogen (secondary N) is 1. The molecule has 0 aliphatic carbocycles. The predicted octanol–water partition coefficient (Wildman–Crippen LogP) is 2.49. The number of carbonyl (C=O) groups is 1. The summed E-state index contributed by atoms with van der Waals surface area (Å²) in [6.07, 6.45) is 1.40. The Balaban J connectivity index is 2.17. The number of aliphatic hydroxyl groups excluding tert-OH is 1. The molecule has 1 aromatic heterocycles.